The van der Waals surface area contributed by atoms with Crippen molar-refractivity contribution in [3.05, 3.63) is 24.2 Å². The molecule has 0 spiro atoms. The van der Waals surface area contributed by atoms with Gasteiger partial charge in [-0.2, -0.15) is 11.8 Å². The first kappa shape index (κ1) is 10.1. The Bertz CT molecular complexity index is 242. The van der Waals surface area contributed by atoms with E-state index in [0.29, 0.717) is 0 Å². The van der Waals surface area contributed by atoms with E-state index >= 15 is 0 Å². The first-order chi connectivity index (χ1) is 6.95. The van der Waals surface area contributed by atoms with E-state index in [1.807, 2.05) is 12.1 Å². The Hall–Kier alpha value is -0.410. The molecular weight excluding hydrogens is 194 g/mol. The van der Waals surface area contributed by atoms with Crippen LogP contribution >= 0.6 is 11.8 Å². The largest absolute Gasteiger partial charge is 0.469 e. The first-order valence-electron chi connectivity index (χ1n) is 5.28. The topological polar surface area (TPSA) is 25.2 Å². The zero-order chi connectivity index (χ0) is 9.64. The standard InChI is InChI=1S/C11H17NOS/c1(3-11-4-2-7-13-11)6-12-10-5-8-14-9-10/h2,4,7,10,12H,1,3,5-6,8-9H2/t10-/m0/s1. The van der Waals surface area contributed by atoms with E-state index in [4.69, 9.17) is 4.42 Å². The van der Waals surface area contributed by atoms with E-state index in [2.05, 4.69) is 17.1 Å². The van der Waals surface area contributed by atoms with Gasteiger partial charge < -0.3 is 9.73 Å². The normalized spacial score (nSPS) is 21.6. The highest BCUT2D eigenvalue weighted by molar-refractivity contribution is 7.99. The van der Waals surface area contributed by atoms with Crippen LogP contribution in [0.1, 0.15) is 18.6 Å². The predicted molar refractivity (Wildman–Crippen MR) is 60.8 cm³/mol. The fraction of sp³-hybridized carbons (Fsp3) is 0.636. The van der Waals surface area contributed by atoms with Gasteiger partial charge in [0.05, 0.1) is 6.26 Å². The van der Waals surface area contributed by atoms with Gasteiger partial charge in [0.1, 0.15) is 5.76 Å². The van der Waals surface area contributed by atoms with Crippen molar-refractivity contribution in [2.45, 2.75) is 25.3 Å². The molecule has 0 amide bonds. The van der Waals surface area contributed by atoms with E-state index in [0.717, 1.165) is 24.8 Å². The van der Waals surface area contributed by atoms with Gasteiger partial charge in [0.25, 0.3) is 0 Å². The lowest BCUT2D eigenvalue weighted by molar-refractivity contribution is 0.484. The van der Waals surface area contributed by atoms with E-state index in [1.165, 1.54) is 24.3 Å². The second kappa shape index (κ2) is 5.47. The van der Waals surface area contributed by atoms with Crippen LogP contribution in [-0.2, 0) is 6.42 Å². The first-order valence-corrected chi connectivity index (χ1v) is 6.44. The molecule has 1 fully saturated rings. The zero-order valence-corrected chi connectivity index (χ0v) is 9.19. The Balaban J connectivity index is 1.55. The maximum Gasteiger partial charge on any atom is 0.103 e. The summed E-state index contributed by atoms with van der Waals surface area (Å²) in [5.74, 6) is 3.73. The van der Waals surface area contributed by atoms with Crippen LogP contribution in [-0.4, -0.2) is 24.1 Å². The van der Waals surface area contributed by atoms with Crippen molar-refractivity contribution in [3.63, 3.8) is 0 Å². The number of hydrogen-bond donors (Lipinski definition) is 1. The second-order valence-electron chi connectivity index (χ2n) is 3.70. The molecule has 1 saturated heterocycles. The number of nitrogens with one attached hydrogen (secondary N) is 1. The lowest BCUT2D eigenvalue weighted by atomic mass is 10.2. The summed E-state index contributed by atoms with van der Waals surface area (Å²) in [7, 11) is 0. The molecule has 78 valence electrons. The van der Waals surface area contributed by atoms with E-state index < -0.39 is 0 Å². The van der Waals surface area contributed by atoms with Crippen molar-refractivity contribution >= 4 is 11.8 Å². The number of aryl methyl sites for hydroxylation is 1. The Kier molecular flexibility index (Phi) is 3.95. The van der Waals surface area contributed by atoms with Crippen molar-refractivity contribution in [2.75, 3.05) is 18.1 Å². The number of hydrogen-bond acceptors (Lipinski definition) is 3. The van der Waals surface area contributed by atoms with Crippen LogP contribution in [0, 0.1) is 0 Å². The fourth-order valence-electron chi connectivity index (χ4n) is 1.72. The summed E-state index contributed by atoms with van der Waals surface area (Å²) >= 11 is 2.06. The number of thioether (sulfide) groups is 1. The third kappa shape index (κ3) is 3.07. The summed E-state index contributed by atoms with van der Waals surface area (Å²) in [5, 5.41) is 3.58. The van der Waals surface area contributed by atoms with Gasteiger partial charge in [-0.05, 0) is 37.3 Å². The van der Waals surface area contributed by atoms with Crippen molar-refractivity contribution in [3.8, 4) is 0 Å². The van der Waals surface area contributed by atoms with Gasteiger partial charge in [-0.15, -0.1) is 0 Å². The van der Waals surface area contributed by atoms with Gasteiger partial charge in [0.2, 0.25) is 0 Å². The van der Waals surface area contributed by atoms with E-state index in [1.54, 1.807) is 6.26 Å². The van der Waals surface area contributed by atoms with E-state index in [9.17, 15) is 0 Å². The highest BCUT2D eigenvalue weighted by atomic mass is 32.2. The highest BCUT2D eigenvalue weighted by Crippen LogP contribution is 2.16. The molecule has 0 radical (unpaired) electrons. The van der Waals surface area contributed by atoms with Crippen LogP contribution in [0.5, 0.6) is 0 Å². The minimum Gasteiger partial charge on any atom is -0.469 e. The molecule has 2 rings (SSSR count). The van der Waals surface area contributed by atoms with Crippen molar-refractivity contribution in [1.82, 2.24) is 5.32 Å². The van der Waals surface area contributed by atoms with Gasteiger partial charge in [0.15, 0.2) is 0 Å². The average molecular weight is 211 g/mol. The Morgan fingerprint density at radius 3 is 3.29 bits per heavy atom. The van der Waals surface area contributed by atoms with Crippen molar-refractivity contribution in [2.24, 2.45) is 0 Å². The lowest BCUT2D eigenvalue weighted by Gasteiger charge is -2.09. The SMILES string of the molecule is c1coc(CCCN[C@H]2CCSC2)c1. The molecule has 1 aliphatic rings. The second-order valence-corrected chi connectivity index (χ2v) is 4.85. The molecule has 3 heteroatoms. The molecule has 1 aliphatic heterocycles. The molecule has 2 nitrogen and oxygen atoms in total. The third-order valence-electron chi connectivity index (χ3n) is 2.54. The molecule has 1 aromatic heterocycles. The summed E-state index contributed by atoms with van der Waals surface area (Å²) in [6.45, 7) is 1.12. The van der Waals surface area contributed by atoms with Crippen LogP contribution in [0.3, 0.4) is 0 Å². The average Bonchev–Trinajstić information content (AvgIpc) is 2.86. The monoisotopic (exact) mass is 211 g/mol. The maximum atomic E-state index is 5.27. The number of furan rings is 1. The van der Waals surface area contributed by atoms with Crippen LogP contribution in [0.2, 0.25) is 0 Å². The smallest absolute Gasteiger partial charge is 0.103 e. The zero-order valence-electron chi connectivity index (χ0n) is 8.37. The quantitative estimate of drug-likeness (QED) is 0.757. The van der Waals surface area contributed by atoms with E-state index in [-0.39, 0.29) is 0 Å². The summed E-state index contributed by atoms with van der Waals surface area (Å²) in [4.78, 5) is 0. The molecule has 0 unspecified atom stereocenters. The molecule has 1 N–H and O–H groups in total. The van der Waals surface area contributed by atoms with Gasteiger partial charge in [0, 0.05) is 18.2 Å². The Morgan fingerprint density at radius 1 is 1.57 bits per heavy atom. The maximum absolute atomic E-state index is 5.27. The minimum absolute atomic E-state index is 0.761. The van der Waals surface area contributed by atoms with Crippen LogP contribution in [0.4, 0.5) is 0 Å². The molecule has 1 aromatic rings. The third-order valence-corrected chi connectivity index (χ3v) is 3.71. The summed E-state index contributed by atoms with van der Waals surface area (Å²) < 4.78 is 5.27. The number of rotatable bonds is 5. The Morgan fingerprint density at radius 2 is 2.57 bits per heavy atom. The Labute approximate surface area is 89.4 Å². The molecular formula is C11H17NOS. The molecule has 0 aromatic carbocycles. The minimum atomic E-state index is 0.761. The van der Waals surface area contributed by atoms with Crippen LogP contribution in [0.25, 0.3) is 0 Å². The van der Waals surface area contributed by atoms with Gasteiger partial charge >= 0.3 is 0 Å². The summed E-state index contributed by atoms with van der Waals surface area (Å²) in [6.07, 6.45) is 5.32. The molecule has 2 heterocycles. The molecule has 14 heavy (non-hydrogen) atoms. The van der Waals surface area contributed by atoms with Gasteiger partial charge in [-0.25, -0.2) is 0 Å². The molecule has 1 atom stereocenters. The van der Waals surface area contributed by atoms with Crippen LogP contribution < -0.4 is 5.32 Å². The molecule has 0 saturated carbocycles. The van der Waals surface area contributed by atoms with Gasteiger partial charge in [-0.3, -0.25) is 0 Å². The van der Waals surface area contributed by atoms with Crippen molar-refractivity contribution < 1.29 is 4.42 Å². The lowest BCUT2D eigenvalue weighted by Crippen LogP contribution is -2.29. The fourth-order valence-corrected chi connectivity index (χ4v) is 2.91. The molecule has 0 bridgehead atoms. The van der Waals surface area contributed by atoms with Crippen molar-refractivity contribution in [1.29, 1.82) is 0 Å². The van der Waals surface area contributed by atoms with Crippen LogP contribution in [0.15, 0.2) is 22.8 Å². The summed E-state index contributed by atoms with van der Waals surface area (Å²) in [6, 6.07) is 4.76. The van der Waals surface area contributed by atoms with Gasteiger partial charge in [-0.1, -0.05) is 0 Å². The highest BCUT2D eigenvalue weighted by Gasteiger charge is 2.13. The predicted octanol–water partition coefficient (Wildman–Crippen LogP) is 2.31. The summed E-state index contributed by atoms with van der Waals surface area (Å²) in [5.41, 5.74) is 0. The molecule has 0 aliphatic carbocycles.